The van der Waals surface area contributed by atoms with Gasteiger partial charge in [-0.3, -0.25) is 4.79 Å². The van der Waals surface area contributed by atoms with Crippen LogP contribution in [0.15, 0.2) is 0 Å². The van der Waals surface area contributed by atoms with E-state index in [0.717, 1.165) is 0 Å². The van der Waals surface area contributed by atoms with E-state index in [0.29, 0.717) is 6.21 Å². The van der Waals surface area contributed by atoms with Crippen LogP contribution in [0.1, 0.15) is 6.92 Å². The number of esters is 1. The van der Waals surface area contributed by atoms with Gasteiger partial charge in [-0.2, -0.15) is 4.79 Å². The fourth-order valence-electron chi connectivity index (χ4n) is 0.728. The summed E-state index contributed by atoms with van der Waals surface area (Å²) in [6.45, 7) is 0.775. The molecule has 9 nitrogen and oxygen atoms in total. The molecule has 0 rings (SSSR count). The van der Waals surface area contributed by atoms with Gasteiger partial charge in [0, 0.05) is 0 Å². The van der Waals surface area contributed by atoms with Crippen molar-refractivity contribution in [3.63, 3.8) is 0 Å². The molecule has 0 aliphatic carbocycles. The van der Waals surface area contributed by atoms with E-state index in [9.17, 15) is 14.4 Å². The molecule has 0 aliphatic heterocycles. The van der Waals surface area contributed by atoms with Crippen molar-refractivity contribution in [1.29, 1.82) is 0 Å². The molecule has 9 heteroatoms. The van der Waals surface area contributed by atoms with Gasteiger partial charge in [-0.25, -0.2) is 9.59 Å². The van der Waals surface area contributed by atoms with Crippen LogP contribution in [0.25, 0.3) is 5.53 Å². The van der Waals surface area contributed by atoms with E-state index in [1.165, 1.54) is 6.92 Å². The summed E-state index contributed by atoms with van der Waals surface area (Å²) in [5.41, 5.74) is 13.2. The highest BCUT2D eigenvalue weighted by Crippen LogP contribution is 1.89. The van der Waals surface area contributed by atoms with Crippen molar-refractivity contribution in [2.75, 3.05) is 6.61 Å². The van der Waals surface area contributed by atoms with Crippen LogP contribution >= 0.6 is 0 Å². The number of carbonyl (C=O) groups excluding carboxylic acids is 2. The van der Waals surface area contributed by atoms with Crippen molar-refractivity contribution in [3.05, 3.63) is 5.53 Å². The lowest BCUT2D eigenvalue weighted by atomic mass is 10.2. The predicted octanol–water partition coefficient (Wildman–Crippen LogP) is -2.25. The second-order valence-electron chi connectivity index (χ2n) is 3.06. The normalized spacial score (nSPS) is 12.8. The maximum absolute atomic E-state index is 11.1. The smallest absolute Gasteiger partial charge is 0.413 e. The number of hydrogen-bond acceptors (Lipinski definition) is 5. The minimum atomic E-state index is -1.41. The molecular formula is C8H12N4O5. The summed E-state index contributed by atoms with van der Waals surface area (Å²) in [7, 11) is 0. The minimum absolute atomic E-state index is 0.451. The number of nitrogens with one attached hydrogen (secondary N) is 1. The molecule has 0 aromatic heterocycles. The fourth-order valence-corrected chi connectivity index (χ4v) is 0.728. The first kappa shape index (κ1) is 14.8. The molecule has 0 spiro atoms. The topological polar surface area (TPSA) is 155 Å². The average molecular weight is 244 g/mol. The largest absolute Gasteiger partial charge is 0.480 e. The summed E-state index contributed by atoms with van der Waals surface area (Å²) in [4.78, 5) is 34.9. The molecule has 0 aromatic carbocycles. The third kappa shape index (κ3) is 6.03. The Morgan fingerprint density at radius 2 is 2.18 bits per heavy atom. The van der Waals surface area contributed by atoms with Crippen molar-refractivity contribution >= 4 is 24.1 Å². The van der Waals surface area contributed by atoms with Crippen LogP contribution in [-0.4, -0.2) is 52.6 Å². The first-order chi connectivity index (χ1) is 7.88. The minimum Gasteiger partial charge on any atom is -0.480 e. The predicted molar refractivity (Wildman–Crippen MR) is 53.9 cm³/mol. The zero-order valence-corrected chi connectivity index (χ0v) is 8.99. The van der Waals surface area contributed by atoms with Crippen LogP contribution in [0.2, 0.25) is 0 Å². The number of nitrogens with zero attached hydrogens (tertiary/aromatic N) is 2. The van der Waals surface area contributed by atoms with Gasteiger partial charge in [-0.15, -0.1) is 0 Å². The quantitative estimate of drug-likeness (QED) is 0.207. The van der Waals surface area contributed by atoms with E-state index < -0.39 is 36.5 Å². The maximum atomic E-state index is 11.1. The Labute approximate surface area is 96.2 Å². The van der Waals surface area contributed by atoms with Crippen LogP contribution in [-0.2, 0) is 19.1 Å². The Hall–Kier alpha value is -2.25. The van der Waals surface area contributed by atoms with Crippen molar-refractivity contribution in [2.45, 2.75) is 19.0 Å². The van der Waals surface area contributed by atoms with Gasteiger partial charge < -0.3 is 26.4 Å². The standard InChI is InChI=1S/C8H12N4O5/c1-4(9)7(14)12-5(8(15)16)3-17-6(13)2-11-10/h2,4-5H,3,9H2,1H3,(H,12,14)(H,15,16)/t4-,5-/m0/s1. The molecule has 2 atom stereocenters. The van der Waals surface area contributed by atoms with E-state index in [1.807, 2.05) is 0 Å². The molecule has 0 fully saturated rings. The van der Waals surface area contributed by atoms with E-state index in [4.69, 9.17) is 16.4 Å². The van der Waals surface area contributed by atoms with Gasteiger partial charge in [0.2, 0.25) is 5.91 Å². The first-order valence-corrected chi connectivity index (χ1v) is 4.51. The maximum Gasteiger partial charge on any atom is 0.413 e. The number of rotatable bonds is 6. The molecule has 4 N–H and O–H groups in total. The summed E-state index contributed by atoms with van der Waals surface area (Å²) in [6.07, 6.45) is 0.451. The highest BCUT2D eigenvalue weighted by atomic mass is 16.5. The molecule has 0 unspecified atom stereocenters. The van der Waals surface area contributed by atoms with Crippen LogP contribution in [0, 0.1) is 0 Å². The van der Waals surface area contributed by atoms with Crippen molar-refractivity contribution in [1.82, 2.24) is 5.32 Å². The summed E-state index contributed by atoms with van der Waals surface area (Å²) in [5, 5.41) is 10.8. The van der Waals surface area contributed by atoms with Gasteiger partial charge in [-0.05, 0) is 6.92 Å². The zero-order chi connectivity index (χ0) is 13.4. The summed E-state index contributed by atoms with van der Waals surface area (Å²) < 4.78 is 4.40. The van der Waals surface area contributed by atoms with Crippen molar-refractivity contribution in [3.8, 4) is 0 Å². The summed E-state index contributed by atoms with van der Waals surface area (Å²) in [6, 6.07) is -2.30. The Balaban J connectivity index is 4.35. The molecule has 0 bridgehead atoms. The average Bonchev–Trinajstić information content (AvgIpc) is 2.23. The monoisotopic (exact) mass is 244 g/mol. The number of nitrogens with two attached hydrogens (primary N) is 1. The Morgan fingerprint density at radius 3 is 2.59 bits per heavy atom. The molecule has 0 saturated carbocycles. The van der Waals surface area contributed by atoms with Gasteiger partial charge in [0.15, 0.2) is 6.04 Å². The SMILES string of the molecule is C[C@H](N)C(=O)N[C@@H](COC(=O)C=[N+]=[N-])C(=O)O. The molecule has 0 aromatic rings. The lowest BCUT2D eigenvalue weighted by Crippen LogP contribution is -2.49. The molecule has 94 valence electrons. The number of aliphatic carboxylic acids is 1. The molecule has 17 heavy (non-hydrogen) atoms. The van der Waals surface area contributed by atoms with Gasteiger partial charge in [0.1, 0.15) is 6.61 Å². The van der Waals surface area contributed by atoms with Gasteiger partial charge >= 0.3 is 18.2 Å². The number of carboxylic acids is 1. The molecule has 0 aliphatic rings. The lowest BCUT2D eigenvalue weighted by molar-refractivity contribution is -0.148. The number of carbonyl (C=O) groups is 3. The van der Waals surface area contributed by atoms with Gasteiger partial charge in [0.05, 0.1) is 6.04 Å². The Bertz CT molecular complexity index is 361. The first-order valence-electron chi connectivity index (χ1n) is 4.51. The Morgan fingerprint density at radius 1 is 1.59 bits per heavy atom. The molecule has 1 amide bonds. The van der Waals surface area contributed by atoms with Crippen LogP contribution in [0.5, 0.6) is 0 Å². The number of carboxylic acid groups (broad SMARTS) is 1. The van der Waals surface area contributed by atoms with Crippen LogP contribution < -0.4 is 11.1 Å². The van der Waals surface area contributed by atoms with Crippen molar-refractivity contribution < 1.29 is 29.0 Å². The second kappa shape index (κ2) is 7.09. The number of ether oxygens (including phenoxy) is 1. The summed E-state index contributed by atoms with van der Waals surface area (Å²) >= 11 is 0. The fraction of sp³-hybridized carbons (Fsp3) is 0.500. The highest BCUT2D eigenvalue weighted by molar-refractivity contribution is 6.20. The second-order valence-corrected chi connectivity index (χ2v) is 3.06. The van der Waals surface area contributed by atoms with E-state index >= 15 is 0 Å². The highest BCUT2D eigenvalue weighted by Gasteiger charge is 2.23. The van der Waals surface area contributed by atoms with E-state index in [-0.39, 0.29) is 0 Å². The molecular weight excluding hydrogens is 232 g/mol. The van der Waals surface area contributed by atoms with Crippen molar-refractivity contribution in [2.24, 2.45) is 5.73 Å². The third-order valence-corrected chi connectivity index (χ3v) is 1.58. The molecule has 0 saturated heterocycles. The van der Waals surface area contributed by atoms with Crippen LogP contribution in [0.4, 0.5) is 0 Å². The summed E-state index contributed by atoms with van der Waals surface area (Å²) in [5.74, 6) is -3.11. The zero-order valence-electron chi connectivity index (χ0n) is 8.99. The lowest BCUT2D eigenvalue weighted by Gasteiger charge is -2.14. The third-order valence-electron chi connectivity index (χ3n) is 1.58. The Kier molecular flexibility index (Phi) is 6.16. The van der Waals surface area contributed by atoms with E-state index in [2.05, 4.69) is 14.8 Å². The number of hydrogen-bond donors (Lipinski definition) is 3. The van der Waals surface area contributed by atoms with Gasteiger partial charge in [0.25, 0.3) is 0 Å². The number of amides is 1. The molecule has 0 heterocycles. The van der Waals surface area contributed by atoms with E-state index in [1.54, 1.807) is 0 Å². The molecule has 0 radical (unpaired) electrons. The van der Waals surface area contributed by atoms with Gasteiger partial charge in [-0.1, -0.05) is 0 Å². The van der Waals surface area contributed by atoms with Crippen LogP contribution in [0.3, 0.4) is 0 Å².